The molecule has 0 spiro atoms. The molecular weight excluding hydrogens is 479 g/mol. The molecule has 0 radical (unpaired) electrons. The van der Waals surface area contributed by atoms with Crippen molar-refractivity contribution in [3.05, 3.63) is 82.8 Å². The molecule has 0 atom stereocenters. The van der Waals surface area contributed by atoms with Crippen LogP contribution >= 0.6 is 23.2 Å². The number of hydrogen-bond acceptors (Lipinski definition) is 5. The zero-order chi connectivity index (χ0) is 24.3. The highest BCUT2D eigenvalue weighted by Gasteiger charge is 2.10. The standard InChI is InChI=1S/C25H22Cl2N2O5/c26-21-14-11-18(15-22(21)27)29-23(30)7-4-8-25(32)33-16-24(31)28-17-9-12-20(13-10-17)34-19-5-2-1-3-6-19/h1-3,5-6,9-15H,4,7-8,16H2,(H,28,31)(H,29,30). The lowest BCUT2D eigenvalue weighted by molar-refractivity contribution is -0.147. The van der Waals surface area contributed by atoms with Crippen molar-refractivity contribution in [1.82, 2.24) is 0 Å². The summed E-state index contributed by atoms with van der Waals surface area (Å²) in [5, 5.41) is 6.03. The summed E-state index contributed by atoms with van der Waals surface area (Å²) in [7, 11) is 0. The minimum Gasteiger partial charge on any atom is -0.457 e. The van der Waals surface area contributed by atoms with Crippen LogP contribution in [0.4, 0.5) is 11.4 Å². The highest BCUT2D eigenvalue weighted by Crippen LogP contribution is 2.25. The maximum absolute atomic E-state index is 12.0. The van der Waals surface area contributed by atoms with Crippen LogP contribution < -0.4 is 15.4 Å². The Hall–Kier alpha value is -3.55. The van der Waals surface area contributed by atoms with E-state index in [0.717, 1.165) is 0 Å². The summed E-state index contributed by atoms with van der Waals surface area (Å²) in [6.45, 7) is -0.420. The number of amides is 2. The van der Waals surface area contributed by atoms with Gasteiger partial charge in [0.25, 0.3) is 5.91 Å². The molecule has 3 aromatic carbocycles. The summed E-state index contributed by atoms with van der Waals surface area (Å²) in [6, 6.07) is 20.9. The predicted molar refractivity (Wildman–Crippen MR) is 131 cm³/mol. The molecule has 0 aliphatic rings. The van der Waals surface area contributed by atoms with Gasteiger partial charge in [-0.25, -0.2) is 0 Å². The molecule has 3 aromatic rings. The van der Waals surface area contributed by atoms with Crippen LogP contribution in [0, 0.1) is 0 Å². The van der Waals surface area contributed by atoms with Gasteiger partial charge in [0.2, 0.25) is 5.91 Å². The van der Waals surface area contributed by atoms with Gasteiger partial charge in [0.05, 0.1) is 10.0 Å². The van der Waals surface area contributed by atoms with E-state index in [4.69, 9.17) is 32.7 Å². The van der Waals surface area contributed by atoms with Gasteiger partial charge in [0.15, 0.2) is 6.61 Å². The molecule has 34 heavy (non-hydrogen) atoms. The first kappa shape index (κ1) is 25.1. The molecule has 0 bridgehead atoms. The summed E-state index contributed by atoms with van der Waals surface area (Å²) in [5.74, 6) is 0.0204. The van der Waals surface area contributed by atoms with Crippen LogP contribution in [0.15, 0.2) is 72.8 Å². The van der Waals surface area contributed by atoms with Crippen LogP contribution in [0.2, 0.25) is 10.0 Å². The highest BCUT2D eigenvalue weighted by molar-refractivity contribution is 6.42. The summed E-state index contributed by atoms with van der Waals surface area (Å²) in [6.07, 6.45) is 0.392. The maximum Gasteiger partial charge on any atom is 0.306 e. The number of para-hydroxylation sites is 1. The second-order valence-corrected chi connectivity index (χ2v) is 7.99. The number of hydrogen-bond donors (Lipinski definition) is 2. The average molecular weight is 501 g/mol. The van der Waals surface area contributed by atoms with Gasteiger partial charge in [0.1, 0.15) is 11.5 Å². The van der Waals surface area contributed by atoms with Crippen molar-refractivity contribution in [3.8, 4) is 11.5 Å². The second-order valence-electron chi connectivity index (χ2n) is 7.18. The predicted octanol–water partition coefficient (Wildman–Crippen LogP) is 6.08. The van der Waals surface area contributed by atoms with Crippen molar-refractivity contribution < 1.29 is 23.9 Å². The molecule has 2 amide bonds. The average Bonchev–Trinajstić information content (AvgIpc) is 2.82. The van der Waals surface area contributed by atoms with E-state index in [1.807, 2.05) is 30.3 Å². The Balaban J connectivity index is 1.32. The lowest BCUT2D eigenvalue weighted by atomic mass is 10.2. The van der Waals surface area contributed by atoms with E-state index >= 15 is 0 Å². The fraction of sp³-hybridized carbons (Fsp3) is 0.160. The van der Waals surface area contributed by atoms with Crippen LogP contribution in [0.5, 0.6) is 11.5 Å². The summed E-state index contributed by atoms with van der Waals surface area (Å²) in [5.41, 5.74) is 1.05. The molecule has 0 heterocycles. The summed E-state index contributed by atoms with van der Waals surface area (Å²) >= 11 is 11.7. The molecule has 0 aliphatic carbocycles. The zero-order valence-corrected chi connectivity index (χ0v) is 19.6. The van der Waals surface area contributed by atoms with Crippen molar-refractivity contribution in [2.75, 3.05) is 17.2 Å². The van der Waals surface area contributed by atoms with Crippen molar-refractivity contribution in [2.24, 2.45) is 0 Å². The molecule has 0 saturated carbocycles. The lowest BCUT2D eigenvalue weighted by Gasteiger charge is -2.09. The fourth-order valence-corrected chi connectivity index (χ4v) is 3.13. The van der Waals surface area contributed by atoms with E-state index in [2.05, 4.69) is 10.6 Å². The molecule has 9 heteroatoms. The van der Waals surface area contributed by atoms with E-state index in [-0.39, 0.29) is 25.2 Å². The number of carbonyl (C=O) groups is 3. The van der Waals surface area contributed by atoms with Crippen molar-refractivity contribution in [2.45, 2.75) is 19.3 Å². The Labute approximate surface area is 207 Å². The first-order valence-electron chi connectivity index (χ1n) is 10.4. The largest absolute Gasteiger partial charge is 0.457 e. The number of anilines is 2. The molecule has 176 valence electrons. The SMILES string of the molecule is O=C(CCCC(=O)OCC(=O)Nc1ccc(Oc2ccccc2)cc1)Nc1ccc(Cl)c(Cl)c1. The number of rotatable bonds is 10. The van der Waals surface area contributed by atoms with E-state index in [9.17, 15) is 14.4 Å². The molecule has 3 rings (SSSR count). The first-order chi connectivity index (χ1) is 16.4. The van der Waals surface area contributed by atoms with E-state index in [0.29, 0.717) is 32.9 Å². The van der Waals surface area contributed by atoms with Gasteiger partial charge in [-0.05, 0) is 61.0 Å². The summed E-state index contributed by atoms with van der Waals surface area (Å²) < 4.78 is 10.7. The van der Waals surface area contributed by atoms with Gasteiger partial charge in [-0.15, -0.1) is 0 Å². The minimum absolute atomic E-state index is 0.00754. The number of carbonyl (C=O) groups excluding carboxylic acids is 3. The van der Waals surface area contributed by atoms with E-state index < -0.39 is 18.5 Å². The zero-order valence-electron chi connectivity index (χ0n) is 18.1. The number of ether oxygens (including phenoxy) is 2. The van der Waals surface area contributed by atoms with Crippen LogP contribution in [-0.4, -0.2) is 24.4 Å². The third kappa shape index (κ3) is 8.42. The third-order valence-electron chi connectivity index (χ3n) is 4.47. The van der Waals surface area contributed by atoms with Crippen LogP contribution in [0.25, 0.3) is 0 Å². The molecule has 0 saturated heterocycles. The smallest absolute Gasteiger partial charge is 0.306 e. The van der Waals surface area contributed by atoms with E-state index in [1.54, 1.807) is 42.5 Å². The van der Waals surface area contributed by atoms with Gasteiger partial charge < -0.3 is 20.1 Å². The monoisotopic (exact) mass is 500 g/mol. The molecule has 0 fully saturated rings. The highest BCUT2D eigenvalue weighted by atomic mass is 35.5. The van der Waals surface area contributed by atoms with Crippen LogP contribution in [0.3, 0.4) is 0 Å². The van der Waals surface area contributed by atoms with Crippen molar-refractivity contribution in [3.63, 3.8) is 0 Å². The van der Waals surface area contributed by atoms with Gasteiger partial charge >= 0.3 is 5.97 Å². The number of esters is 1. The van der Waals surface area contributed by atoms with Crippen molar-refractivity contribution in [1.29, 1.82) is 0 Å². The molecule has 0 unspecified atom stereocenters. The number of halogens is 2. The maximum atomic E-state index is 12.0. The molecule has 0 aliphatic heterocycles. The Morgan fingerprint density at radius 2 is 1.35 bits per heavy atom. The Morgan fingerprint density at radius 1 is 0.706 bits per heavy atom. The van der Waals surface area contributed by atoms with Crippen LogP contribution in [-0.2, 0) is 19.1 Å². The topological polar surface area (TPSA) is 93.7 Å². The summed E-state index contributed by atoms with van der Waals surface area (Å²) in [4.78, 5) is 35.9. The van der Waals surface area contributed by atoms with Gasteiger partial charge in [-0.2, -0.15) is 0 Å². The number of nitrogens with one attached hydrogen (secondary N) is 2. The van der Waals surface area contributed by atoms with Crippen LogP contribution in [0.1, 0.15) is 19.3 Å². The third-order valence-corrected chi connectivity index (χ3v) is 5.21. The Bertz CT molecular complexity index is 1140. The fourth-order valence-electron chi connectivity index (χ4n) is 2.84. The van der Waals surface area contributed by atoms with E-state index in [1.165, 1.54) is 0 Å². The quantitative estimate of drug-likeness (QED) is 0.329. The van der Waals surface area contributed by atoms with Gasteiger partial charge in [0, 0.05) is 24.2 Å². The van der Waals surface area contributed by atoms with Gasteiger partial charge in [-0.1, -0.05) is 41.4 Å². The molecular formula is C25H22Cl2N2O5. The second kappa shape index (κ2) is 12.6. The first-order valence-corrected chi connectivity index (χ1v) is 11.2. The molecule has 7 nitrogen and oxygen atoms in total. The molecule has 2 N–H and O–H groups in total. The molecule has 0 aromatic heterocycles. The van der Waals surface area contributed by atoms with Gasteiger partial charge in [-0.3, -0.25) is 14.4 Å². The van der Waals surface area contributed by atoms with Crippen molar-refractivity contribution >= 4 is 52.4 Å². The number of benzene rings is 3. The lowest BCUT2D eigenvalue weighted by Crippen LogP contribution is -2.21. The normalized spacial score (nSPS) is 10.3. The Morgan fingerprint density at radius 3 is 2.06 bits per heavy atom. The minimum atomic E-state index is -0.566. The Kier molecular flexibility index (Phi) is 9.31.